The molecule has 1 aliphatic carbocycles. The molecule has 0 saturated heterocycles. The molecule has 0 saturated carbocycles. The number of carbonyl (C=O) groups excluding carboxylic acids is 1. The van der Waals surface area contributed by atoms with Gasteiger partial charge in [0.25, 0.3) is 11.6 Å². The van der Waals surface area contributed by atoms with Crippen molar-refractivity contribution < 1.29 is 14.1 Å². The number of benzene rings is 1. The Hall–Kier alpha value is -2.24. The van der Waals surface area contributed by atoms with Gasteiger partial charge in [0.1, 0.15) is 5.82 Å². The first kappa shape index (κ1) is 14.2. The predicted molar refractivity (Wildman–Crippen MR) is 71.9 cm³/mol. The summed E-state index contributed by atoms with van der Waals surface area (Å²) in [6.07, 6.45) is 7.00. The van der Waals surface area contributed by atoms with Crippen LogP contribution in [0.15, 0.2) is 30.4 Å². The Balaban J connectivity index is 2.02. The lowest BCUT2D eigenvalue weighted by molar-refractivity contribution is -0.384. The zero-order chi connectivity index (χ0) is 14.5. The van der Waals surface area contributed by atoms with Gasteiger partial charge in [0, 0.05) is 18.7 Å². The summed E-state index contributed by atoms with van der Waals surface area (Å²) in [6, 6.07) is 2.94. The van der Waals surface area contributed by atoms with Crippen LogP contribution in [0, 0.1) is 21.8 Å². The lowest BCUT2D eigenvalue weighted by Crippen LogP contribution is -2.30. The van der Waals surface area contributed by atoms with Crippen molar-refractivity contribution in [1.29, 1.82) is 0 Å². The van der Waals surface area contributed by atoms with Crippen LogP contribution in [0.25, 0.3) is 0 Å². The summed E-state index contributed by atoms with van der Waals surface area (Å²) < 4.78 is 13.6. The Morgan fingerprint density at radius 3 is 2.90 bits per heavy atom. The number of allylic oxidation sites excluding steroid dienone is 2. The fourth-order valence-electron chi connectivity index (χ4n) is 2.17. The summed E-state index contributed by atoms with van der Waals surface area (Å²) in [6.45, 7) is 0.450. The van der Waals surface area contributed by atoms with Crippen molar-refractivity contribution in [1.82, 2.24) is 5.32 Å². The van der Waals surface area contributed by atoms with Crippen molar-refractivity contribution in [2.24, 2.45) is 5.92 Å². The van der Waals surface area contributed by atoms with Crippen LogP contribution < -0.4 is 5.32 Å². The number of hydrogen-bond acceptors (Lipinski definition) is 3. The molecule has 106 valence electrons. The van der Waals surface area contributed by atoms with E-state index in [4.69, 9.17) is 0 Å². The second-order valence-electron chi connectivity index (χ2n) is 4.78. The molecule has 0 bridgehead atoms. The molecular formula is C14H15FN2O3. The van der Waals surface area contributed by atoms with E-state index in [9.17, 15) is 19.3 Å². The monoisotopic (exact) mass is 278 g/mol. The van der Waals surface area contributed by atoms with Gasteiger partial charge in [-0.2, -0.15) is 0 Å². The Morgan fingerprint density at radius 2 is 2.25 bits per heavy atom. The molecule has 0 radical (unpaired) electrons. The summed E-state index contributed by atoms with van der Waals surface area (Å²) in [7, 11) is 0. The quantitative estimate of drug-likeness (QED) is 0.523. The first-order valence-electron chi connectivity index (χ1n) is 6.45. The highest BCUT2D eigenvalue weighted by molar-refractivity contribution is 5.95. The molecule has 1 aliphatic rings. The average molecular weight is 278 g/mol. The molecule has 1 aromatic rings. The molecule has 1 amide bonds. The van der Waals surface area contributed by atoms with Crippen LogP contribution in [0.4, 0.5) is 10.1 Å². The van der Waals surface area contributed by atoms with Crippen molar-refractivity contribution >= 4 is 11.6 Å². The number of amides is 1. The number of nitrogens with one attached hydrogen (secondary N) is 1. The first-order valence-corrected chi connectivity index (χ1v) is 6.45. The van der Waals surface area contributed by atoms with Gasteiger partial charge in [-0.3, -0.25) is 14.9 Å². The van der Waals surface area contributed by atoms with E-state index in [1.165, 1.54) is 0 Å². The number of rotatable bonds is 4. The maximum absolute atomic E-state index is 13.6. The van der Waals surface area contributed by atoms with Crippen molar-refractivity contribution in [3.8, 4) is 0 Å². The third kappa shape index (κ3) is 3.40. The lowest BCUT2D eigenvalue weighted by Gasteiger charge is -2.18. The van der Waals surface area contributed by atoms with E-state index in [-0.39, 0.29) is 11.3 Å². The van der Waals surface area contributed by atoms with E-state index in [1.54, 1.807) is 0 Å². The smallest absolute Gasteiger partial charge is 0.270 e. The number of hydrogen-bond donors (Lipinski definition) is 1. The van der Waals surface area contributed by atoms with Gasteiger partial charge >= 0.3 is 0 Å². The Bertz CT molecular complexity index is 557. The highest BCUT2D eigenvalue weighted by atomic mass is 19.1. The largest absolute Gasteiger partial charge is 0.352 e. The number of halogens is 1. The number of carbonyl (C=O) groups is 1. The van der Waals surface area contributed by atoms with E-state index in [1.807, 2.05) is 0 Å². The zero-order valence-electron chi connectivity index (χ0n) is 10.8. The number of non-ortho nitro benzene ring substituents is 1. The Labute approximate surface area is 115 Å². The zero-order valence-corrected chi connectivity index (χ0v) is 10.8. The van der Waals surface area contributed by atoms with Crippen molar-refractivity contribution in [3.05, 3.63) is 51.8 Å². The Morgan fingerprint density at radius 1 is 1.45 bits per heavy atom. The van der Waals surface area contributed by atoms with Crippen molar-refractivity contribution in [2.45, 2.75) is 19.3 Å². The van der Waals surface area contributed by atoms with Crippen LogP contribution in [0.5, 0.6) is 0 Å². The van der Waals surface area contributed by atoms with Crippen LogP contribution in [-0.2, 0) is 0 Å². The summed E-state index contributed by atoms with van der Waals surface area (Å²) in [5.41, 5.74) is -0.581. The standard InChI is InChI=1S/C14H15FN2O3/c15-13-7-6-11(17(19)20)8-12(13)14(18)16-9-10-4-2-1-3-5-10/h1-2,6-8,10H,3-5,9H2,(H,16,18). The van der Waals surface area contributed by atoms with E-state index in [2.05, 4.69) is 17.5 Å². The van der Waals surface area contributed by atoms with Gasteiger partial charge in [0.15, 0.2) is 0 Å². The minimum absolute atomic E-state index is 0.287. The number of nitrogens with zero attached hydrogens (tertiary/aromatic N) is 1. The van der Waals surface area contributed by atoms with Crippen LogP contribution in [0.2, 0.25) is 0 Å². The SMILES string of the molecule is O=C(NCC1CC=CCC1)c1cc([N+](=O)[O-])ccc1F. The second-order valence-corrected chi connectivity index (χ2v) is 4.78. The first-order chi connectivity index (χ1) is 9.58. The fraction of sp³-hybridized carbons (Fsp3) is 0.357. The molecule has 1 unspecified atom stereocenters. The maximum Gasteiger partial charge on any atom is 0.270 e. The third-order valence-electron chi connectivity index (χ3n) is 3.33. The topological polar surface area (TPSA) is 72.2 Å². The summed E-state index contributed by atoms with van der Waals surface area (Å²) >= 11 is 0. The lowest BCUT2D eigenvalue weighted by atomic mass is 9.94. The predicted octanol–water partition coefficient (Wildman–Crippen LogP) is 2.82. The molecule has 6 heteroatoms. The van der Waals surface area contributed by atoms with Crippen LogP contribution in [-0.4, -0.2) is 17.4 Å². The molecule has 0 spiro atoms. The van der Waals surface area contributed by atoms with Gasteiger partial charge in [-0.05, 0) is 31.2 Å². The van der Waals surface area contributed by atoms with Gasteiger partial charge < -0.3 is 5.32 Å². The van der Waals surface area contributed by atoms with E-state index < -0.39 is 16.6 Å². The van der Waals surface area contributed by atoms with Crippen molar-refractivity contribution in [3.63, 3.8) is 0 Å². The summed E-state index contributed by atoms with van der Waals surface area (Å²) in [5.74, 6) is -1.02. The maximum atomic E-state index is 13.6. The molecule has 0 heterocycles. The normalized spacial score (nSPS) is 17.8. The molecule has 20 heavy (non-hydrogen) atoms. The van der Waals surface area contributed by atoms with Gasteiger partial charge in [0.05, 0.1) is 10.5 Å². The van der Waals surface area contributed by atoms with Crippen LogP contribution in [0.1, 0.15) is 29.6 Å². The molecule has 0 aromatic heterocycles. The summed E-state index contributed by atoms with van der Waals surface area (Å²) in [5, 5.41) is 13.3. The van der Waals surface area contributed by atoms with Crippen molar-refractivity contribution in [2.75, 3.05) is 6.54 Å². The molecule has 1 aromatic carbocycles. The molecule has 0 aliphatic heterocycles. The van der Waals surface area contributed by atoms with E-state index in [0.717, 1.165) is 37.5 Å². The van der Waals surface area contributed by atoms with Gasteiger partial charge in [-0.15, -0.1) is 0 Å². The molecule has 5 nitrogen and oxygen atoms in total. The van der Waals surface area contributed by atoms with E-state index in [0.29, 0.717) is 12.5 Å². The fourth-order valence-corrected chi connectivity index (χ4v) is 2.17. The minimum Gasteiger partial charge on any atom is -0.352 e. The van der Waals surface area contributed by atoms with Gasteiger partial charge in [-0.1, -0.05) is 12.2 Å². The number of nitro groups is 1. The Kier molecular flexibility index (Phi) is 4.45. The highest BCUT2D eigenvalue weighted by Gasteiger charge is 2.18. The molecule has 2 rings (SSSR count). The van der Waals surface area contributed by atoms with Crippen LogP contribution >= 0.6 is 0 Å². The molecule has 1 atom stereocenters. The molecular weight excluding hydrogens is 263 g/mol. The third-order valence-corrected chi connectivity index (χ3v) is 3.33. The highest BCUT2D eigenvalue weighted by Crippen LogP contribution is 2.19. The van der Waals surface area contributed by atoms with Crippen LogP contribution in [0.3, 0.4) is 0 Å². The van der Waals surface area contributed by atoms with Gasteiger partial charge in [0.2, 0.25) is 0 Å². The minimum atomic E-state index is -0.753. The average Bonchev–Trinajstić information content (AvgIpc) is 2.46. The summed E-state index contributed by atoms with van der Waals surface area (Å²) in [4.78, 5) is 21.9. The molecule has 1 N–H and O–H groups in total. The number of nitro benzene ring substituents is 1. The second kappa shape index (κ2) is 6.27. The molecule has 0 fully saturated rings. The van der Waals surface area contributed by atoms with E-state index >= 15 is 0 Å². The van der Waals surface area contributed by atoms with Gasteiger partial charge in [-0.25, -0.2) is 4.39 Å².